The molecule has 3 aromatic heterocycles. The molecule has 0 amide bonds. The van der Waals surface area contributed by atoms with E-state index in [2.05, 4.69) is 8.75 Å². The molecule has 2 N–H and O–H groups in total. The summed E-state index contributed by atoms with van der Waals surface area (Å²) in [6.45, 7) is 0. The molecule has 0 saturated heterocycles. The maximum atomic E-state index is 14.4. The Hall–Kier alpha value is -3.66. The van der Waals surface area contributed by atoms with E-state index in [-0.39, 0.29) is 11.5 Å². The van der Waals surface area contributed by atoms with Gasteiger partial charge in [0.1, 0.15) is 34.2 Å². The summed E-state index contributed by atoms with van der Waals surface area (Å²) >= 11 is 4.00. The van der Waals surface area contributed by atoms with Gasteiger partial charge in [-0.3, -0.25) is 0 Å². The van der Waals surface area contributed by atoms with Gasteiger partial charge < -0.3 is 10.2 Å². The maximum absolute atomic E-state index is 14.4. The summed E-state index contributed by atoms with van der Waals surface area (Å²) in [5, 5.41) is 19.0. The third-order valence-electron chi connectivity index (χ3n) is 5.59. The summed E-state index contributed by atoms with van der Waals surface area (Å²) in [5.41, 5.74) is 4.14. The van der Waals surface area contributed by atoms with Crippen LogP contribution in [0.25, 0.3) is 52.8 Å². The highest BCUT2D eigenvalue weighted by Crippen LogP contribution is 2.43. The number of rotatable bonds is 4. The maximum Gasteiger partial charge on any atom is 0.135 e. The molecule has 0 aliphatic rings. The summed E-state index contributed by atoms with van der Waals surface area (Å²) in [7, 11) is 0. The van der Waals surface area contributed by atoms with Gasteiger partial charge >= 0.3 is 0 Å². The fourth-order valence-electron chi connectivity index (χ4n) is 3.93. The number of fused-ring (bicyclic) bond motifs is 1. The molecule has 0 spiro atoms. The first kappa shape index (κ1) is 21.8. The van der Waals surface area contributed by atoms with Crippen LogP contribution in [-0.4, -0.2) is 19.0 Å². The Kier molecular flexibility index (Phi) is 5.32. The molecule has 3 aromatic carbocycles. The quantitative estimate of drug-likeness (QED) is 0.246. The number of phenols is 2. The van der Waals surface area contributed by atoms with Crippen LogP contribution in [0.3, 0.4) is 0 Å². The number of aromatic hydroxyl groups is 2. The van der Waals surface area contributed by atoms with E-state index in [9.17, 15) is 19.0 Å². The lowest BCUT2D eigenvalue weighted by atomic mass is 10.1. The second-order valence-electron chi connectivity index (χ2n) is 7.78. The molecule has 0 saturated carbocycles. The van der Waals surface area contributed by atoms with Crippen molar-refractivity contribution in [2.24, 2.45) is 0 Å². The van der Waals surface area contributed by atoms with Crippen LogP contribution in [0.4, 0.5) is 8.78 Å². The molecular formula is C26H14F2N2O2S3. The molecular weight excluding hydrogens is 506 g/mol. The molecule has 0 atom stereocenters. The minimum Gasteiger partial charge on any atom is -0.508 e. The second-order valence-corrected chi connectivity index (χ2v) is 10.5. The van der Waals surface area contributed by atoms with E-state index in [1.165, 1.54) is 34.8 Å². The first-order valence-electron chi connectivity index (χ1n) is 10.4. The SMILES string of the molecule is Oc1ccc(-c2ccc(-c3ccc(-c4ccc(-c5ccc(O)cc5F)s4)c4nsnc34)s2)c(F)c1. The molecule has 9 heteroatoms. The number of benzene rings is 3. The molecule has 172 valence electrons. The zero-order valence-electron chi connectivity index (χ0n) is 17.7. The molecule has 6 aromatic rings. The van der Waals surface area contributed by atoms with Crippen molar-refractivity contribution in [1.82, 2.24) is 8.75 Å². The Labute approximate surface area is 210 Å². The fourth-order valence-corrected chi connectivity index (χ4v) is 6.62. The zero-order chi connectivity index (χ0) is 24.1. The number of thiophene rings is 2. The van der Waals surface area contributed by atoms with Gasteiger partial charge in [-0.05, 0) is 48.5 Å². The average Bonchev–Trinajstić information content (AvgIpc) is 3.59. The Morgan fingerprint density at radius 3 is 1.29 bits per heavy atom. The number of halogens is 2. The van der Waals surface area contributed by atoms with E-state index >= 15 is 0 Å². The summed E-state index contributed by atoms with van der Waals surface area (Å²) in [6, 6.07) is 19.8. The van der Waals surface area contributed by atoms with Gasteiger partial charge in [-0.1, -0.05) is 12.1 Å². The van der Waals surface area contributed by atoms with Crippen LogP contribution < -0.4 is 0 Å². The van der Waals surface area contributed by atoms with Gasteiger partial charge in [0.2, 0.25) is 0 Å². The topological polar surface area (TPSA) is 66.2 Å². The van der Waals surface area contributed by atoms with Crippen LogP contribution in [0.2, 0.25) is 0 Å². The molecule has 0 unspecified atom stereocenters. The molecule has 0 aliphatic carbocycles. The van der Waals surface area contributed by atoms with Crippen LogP contribution in [0.1, 0.15) is 0 Å². The molecule has 0 aliphatic heterocycles. The molecule has 0 bridgehead atoms. The lowest BCUT2D eigenvalue weighted by Crippen LogP contribution is -1.82. The van der Waals surface area contributed by atoms with Crippen molar-refractivity contribution in [3.05, 3.63) is 84.4 Å². The summed E-state index contributed by atoms with van der Waals surface area (Å²) in [5.74, 6) is -1.18. The summed E-state index contributed by atoms with van der Waals surface area (Å²) < 4.78 is 37.8. The number of phenolic OH excluding ortho intramolecular Hbond substituents is 2. The van der Waals surface area contributed by atoms with E-state index in [0.29, 0.717) is 11.1 Å². The largest absolute Gasteiger partial charge is 0.508 e. The van der Waals surface area contributed by atoms with Gasteiger partial charge in [-0.25, -0.2) is 8.78 Å². The van der Waals surface area contributed by atoms with Crippen LogP contribution in [0.5, 0.6) is 11.5 Å². The Balaban J connectivity index is 1.39. The zero-order valence-corrected chi connectivity index (χ0v) is 20.1. The van der Waals surface area contributed by atoms with Gasteiger partial charge in [-0.15, -0.1) is 22.7 Å². The van der Waals surface area contributed by atoms with Crippen LogP contribution in [0.15, 0.2) is 72.8 Å². The Morgan fingerprint density at radius 2 is 0.886 bits per heavy atom. The highest BCUT2D eigenvalue weighted by Gasteiger charge is 2.18. The number of hydrogen-bond donors (Lipinski definition) is 2. The molecule has 0 fully saturated rings. The van der Waals surface area contributed by atoms with E-state index < -0.39 is 11.6 Å². The molecule has 6 rings (SSSR count). The molecule has 35 heavy (non-hydrogen) atoms. The molecule has 3 heterocycles. The minimum absolute atomic E-state index is 0.112. The van der Waals surface area contributed by atoms with Crippen molar-refractivity contribution in [3.63, 3.8) is 0 Å². The predicted molar refractivity (Wildman–Crippen MR) is 138 cm³/mol. The van der Waals surface area contributed by atoms with Crippen molar-refractivity contribution in [2.75, 3.05) is 0 Å². The fraction of sp³-hybridized carbons (Fsp3) is 0. The first-order chi connectivity index (χ1) is 17.0. The van der Waals surface area contributed by atoms with Gasteiger partial charge in [0.25, 0.3) is 0 Å². The van der Waals surface area contributed by atoms with E-state index in [0.717, 1.165) is 65.5 Å². The van der Waals surface area contributed by atoms with Crippen molar-refractivity contribution in [1.29, 1.82) is 0 Å². The smallest absolute Gasteiger partial charge is 0.135 e. The van der Waals surface area contributed by atoms with E-state index in [1.54, 1.807) is 12.1 Å². The van der Waals surface area contributed by atoms with Gasteiger partial charge in [0.05, 0.1) is 11.7 Å². The van der Waals surface area contributed by atoms with Crippen molar-refractivity contribution in [3.8, 4) is 53.3 Å². The average molecular weight is 521 g/mol. The van der Waals surface area contributed by atoms with Crippen LogP contribution in [0, 0.1) is 11.6 Å². The normalized spacial score (nSPS) is 11.4. The van der Waals surface area contributed by atoms with E-state index in [1.807, 2.05) is 36.4 Å². The Bertz CT molecular complexity index is 1600. The predicted octanol–water partition coefficient (Wildman–Crippen LogP) is 8.17. The second kappa shape index (κ2) is 8.53. The highest BCUT2D eigenvalue weighted by molar-refractivity contribution is 7.19. The third kappa shape index (κ3) is 3.87. The van der Waals surface area contributed by atoms with Crippen LogP contribution >= 0.6 is 34.4 Å². The van der Waals surface area contributed by atoms with Crippen molar-refractivity contribution in [2.45, 2.75) is 0 Å². The monoisotopic (exact) mass is 520 g/mol. The lowest BCUT2D eigenvalue weighted by molar-refractivity contribution is 0.469. The summed E-state index contributed by atoms with van der Waals surface area (Å²) in [4.78, 5) is 3.35. The first-order valence-corrected chi connectivity index (χ1v) is 12.8. The van der Waals surface area contributed by atoms with Crippen molar-refractivity contribution >= 4 is 45.4 Å². The summed E-state index contributed by atoms with van der Waals surface area (Å²) in [6.07, 6.45) is 0. The number of nitrogens with zero attached hydrogens (tertiary/aromatic N) is 2. The lowest BCUT2D eigenvalue weighted by Gasteiger charge is -2.04. The Morgan fingerprint density at radius 1 is 0.514 bits per heavy atom. The molecule has 0 radical (unpaired) electrons. The highest BCUT2D eigenvalue weighted by atomic mass is 32.1. The van der Waals surface area contributed by atoms with Crippen molar-refractivity contribution < 1.29 is 19.0 Å². The standard InChI is InChI=1S/C26H14F2N2O2S3/c27-19-11-13(31)1-3-15(19)21-7-9-23(33-21)17-5-6-18(26-25(17)29-35-30-26)24-10-8-22(34-24)16-4-2-14(32)12-20(16)28/h1-12,31-32H. The van der Waals surface area contributed by atoms with Gasteiger partial charge in [-0.2, -0.15) is 8.75 Å². The number of hydrogen-bond acceptors (Lipinski definition) is 7. The van der Waals surface area contributed by atoms with E-state index in [4.69, 9.17) is 0 Å². The van der Waals surface area contributed by atoms with Crippen LogP contribution in [-0.2, 0) is 0 Å². The van der Waals surface area contributed by atoms with Gasteiger partial charge in [0.15, 0.2) is 0 Å². The third-order valence-corrected chi connectivity index (χ3v) is 8.43. The van der Waals surface area contributed by atoms with Gasteiger partial charge in [0, 0.05) is 53.9 Å². The minimum atomic E-state index is -0.479. The molecule has 4 nitrogen and oxygen atoms in total. The number of aromatic nitrogens is 2.